The van der Waals surface area contributed by atoms with E-state index in [9.17, 15) is 20.0 Å². The summed E-state index contributed by atoms with van der Waals surface area (Å²) in [7, 11) is 1.19. The van der Waals surface area contributed by atoms with Crippen molar-refractivity contribution < 1.29 is 19.6 Å². The molecule has 0 aliphatic heterocycles. The van der Waals surface area contributed by atoms with Gasteiger partial charge in [0.1, 0.15) is 0 Å². The Balaban J connectivity index is 2.94. The number of nitrogens with zero attached hydrogens (tertiary/aromatic N) is 1. The van der Waals surface area contributed by atoms with Gasteiger partial charge < -0.3 is 9.84 Å². The minimum absolute atomic E-state index is 0.109. The van der Waals surface area contributed by atoms with Gasteiger partial charge in [0.15, 0.2) is 0 Å². The van der Waals surface area contributed by atoms with E-state index in [4.69, 9.17) is 0 Å². The summed E-state index contributed by atoms with van der Waals surface area (Å²) < 4.78 is 4.37. The van der Waals surface area contributed by atoms with Gasteiger partial charge in [-0.05, 0) is 6.07 Å². The highest BCUT2D eigenvalue weighted by molar-refractivity contribution is 5.70. The predicted molar refractivity (Wildman–Crippen MR) is 54.7 cm³/mol. The normalized spacial score (nSPS) is 11.9. The van der Waals surface area contributed by atoms with Crippen molar-refractivity contribution in [1.82, 2.24) is 0 Å². The van der Waals surface area contributed by atoms with Gasteiger partial charge in [0.2, 0.25) is 0 Å². The number of aliphatic hydroxyl groups is 1. The molecule has 0 aromatic heterocycles. The van der Waals surface area contributed by atoms with Crippen molar-refractivity contribution in [2.75, 3.05) is 7.11 Å². The van der Waals surface area contributed by atoms with Crippen LogP contribution >= 0.6 is 0 Å². The third kappa shape index (κ3) is 2.77. The van der Waals surface area contributed by atoms with E-state index in [0.29, 0.717) is 0 Å². The Morgan fingerprint density at radius 1 is 1.56 bits per heavy atom. The first-order valence-electron chi connectivity index (χ1n) is 4.54. The summed E-state index contributed by atoms with van der Waals surface area (Å²) in [6.45, 7) is 0. The molecule has 6 nitrogen and oxygen atoms in total. The van der Waals surface area contributed by atoms with Crippen molar-refractivity contribution in [2.45, 2.75) is 12.5 Å². The maximum Gasteiger partial charge on any atom is 0.308 e. The minimum atomic E-state index is -1.23. The topological polar surface area (TPSA) is 89.7 Å². The highest BCUT2D eigenvalue weighted by Gasteiger charge is 2.21. The smallest absolute Gasteiger partial charge is 0.308 e. The summed E-state index contributed by atoms with van der Waals surface area (Å²) in [5.41, 5.74) is -0.100. The first-order valence-corrected chi connectivity index (χ1v) is 4.54. The van der Waals surface area contributed by atoms with E-state index >= 15 is 0 Å². The molecule has 86 valence electrons. The lowest BCUT2D eigenvalue weighted by molar-refractivity contribution is -0.386. The molecule has 0 fully saturated rings. The molecule has 0 bridgehead atoms. The van der Waals surface area contributed by atoms with E-state index in [0.717, 1.165) is 0 Å². The zero-order valence-corrected chi connectivity index (χ0v) is 8.62. The zero-order chi connectivity index (χ0) is 12.1. The third-order valence-corrected chi connectivity index (χ3v) is 2.08. The standard InChI is InChI=1S/C10H11NO5/c1-16-10(13)6-9(12)7-4-2-3-5-8(7)11(14)15/h2-5,9,12H,6H2,1H3. The van der Waals surface area contributed by atoms with Gasteiger partial charge in [0.25, 0.3) is 5.69 Å². The van der Waals surface area contributed by atoms with Crippen LogP contribution in [0.15, 0.2) is 24.3 Å². The van der Waals surface area contributed by atoms with Gasteiger partial charge >= 0.3 is 5.97 Å². The monoisotopic (exact) mass is 225 g/mol. The fourth-order valence-electron chi connectivity index (χ4n) is 1.29. The number of ether oxygens (including phenoxy) is 1. The van der Waals surface area contributed by atoms with Crippen LogP contribution in [0.1, 0.15) is 18.1 Å². The molecule has 1 aromatic carbocycles. The number of methoxy groups -OCH3 is 1. The number of para-hydroxylation sites is 1. The summed E-state index contributed by atoms with van der Waals surface area (Å²) in [5.74, 6) is -0.620. The number of carbonyl (C=O) groups is 1. The Labute approximate surface area is 91.6 Å². The second kappa shape index (κ2) is 5.22. The molecule has 1 unspecified atom stereocenters. The van der Waals surface area contributed by atoms with E-state index in [1.165, 1.54) is 25.3 Å². The Morgan fingerprint density at radius 3 is 2.75 bits per heavy atom. The van der Waals surface area contributed by atoms with Crippen molar-refractivity contribution in [3.63, 3.8) is 0 Å². The van der Waals surface area contributed by atoms with Gasteiger partial charge in [0.05, 0.1) is 30.1 Å². The molecule has 1 rings (SSSR count). The van der Waals surface area contributed by atoms with E-state index in [1.54, 1.807) is 6.07 Å². The van der Waals surface area contributed by atoms with E-state index in [-0.39, 0.29) is 17.7 Å². The summed E-state index contributed by atoms with van der Waals surface area (Å²) in [5, 5.41) is 20.3. The highest BCUT2D eigenvalue weighted by Crippen LogP contribution is 2.26. The van der Waals surface area contributed by atoms with Crippen molar-refractivity contribution in [1.29, 1.82) is 0 Å². The van der Waals surface area contributed by atoms with Crippen LogP contribution in [0.2, 0.25) is 0 Å². The molecule has 0 saturated heterocycles. The van der Waals surface area contributed by atoms with Crippen LogP contribution in [0.5, 0.6) is 0 Å². The first kappa shape index (κ1) is 12.1. The Kier molecular flexibility index (Phi) is 3.96. The quantitative estimate of drug-likeness (QED) is 0.472. The SMILES string of the molecule is COC(=O)CC(O)c1ccccc1[N+](=O)[O-]. The van der Waals surface area contributed by atoms with Crippen LogP contribution in [0, 0.1) is 10.1 Å². The molecule has 0 aliphatic rings. The first-order chi connectivity index (χ1) is 7.56. The van der Waals surface area contributed by atoms with Crippen molar-refractivity contribution in [3.05, 3.63) is 39.9 Å². The Morgan fingerprint density at radius 2 is 2.19 bits per heavy atom. The van der Waals surface area contributed by atoms with Gasteiger partial charge in [-0.15, -0.1) is 0 Å². The molecular weight excluding hydrogens is 214 g/mol. The lowest BCUT2D eigenvalue weighted by Crippen LogP contribution is -2.09. The number of aliphatic hydroxyl groups excluding tert-OH is 1. The Bertz CT molecular complexity index is 404. The van der Waals surface area contributed by atoms with Crippen LogP contribution < -0.4 is 0 Å². The van der Waals surface area contributed by atoms with Gasteiger partial charge in [-0.25, -0.2) is 0 Å². The Hall–Kier alpha value is -1.95. The van der Waals surface area contributed by atoms with Gasteiger partial charge in [-0.2, -0.15) is 0 Å². The molecule has 16 heavy (non-hydrogen) atoms. The van der Waals surface area contributed by atoms with Gasteiger partial charge in [-0.3, -0.25) is 14.9 Å². The molecule has 0 radical (unpaired) electrons. The largest absolute Gasteiger partial charge is 0.469 e. The molecular formula is C10H11NO5. The summed E-state index contributed by atoms with van der Waals surface area (Å²) in [6.07, 6.45) is -1.53. The second-order valence-corrected chi connectivity index (χ2v) is 3.11. The molecule has 6 heteroatoms. The van der Waals surface area contributed by atoms with Crippen LogP contribution in [-0.2, 0) is 9.53 Å². The van der Waals surface area contributed by atoms with Crippen LogP contribution in [-0.4, -0.2) is 23.1 Å². The summed E-state index contributed by atoms with van der Waals surface area (Å²) in [6, 6.07) is 5.73. The van der Waals surface area contributed by atoms with Gasteiger partial charge in [-0.1, -0.05) is 12.1 Å². The van der Waals surface area contributed by atoms with E-state index in [2.05, 4.69) is 4.74 Å². The number of benzene rings is 1. The highest BCUT2D eigenvalue weighted by atomic mass is 16.6. The summed E-state index contributed by atoms with van der Waals surface area (Å²) in [4.78, 5) is 21.0. The van der Waals surface area contributed by atoms with Gasteiger partial charge in [0, 0.05) is 6.07 Å². The average Bonchev–Trinajstić information content (AvgIpc) is 2.28. The predicted octanol–water partition coefficient (Wildman–Crippen LogP) is 1.19. The molecule has 0 aliphatic carbocycles. The second-order valence-electron chi connectivity index (χ2n) is 3.11. The number of rotatable bonds is 4. The molecule has 1 atom stereocenters. The zero-order valence-electron chi connectivity index (χ0n) is 8.62. The van der Waals surface area contributed by atoms with Crippen LogP contribution in [0.25, 0.3) is 0 Å². The van der Waals surface area contributed by atoms with E-state index in [1.807, 2.05) is 0 Å². The third-order valence-electron chi connectivity index (χ3n) is 2.08. The van der Waals surface area contributed by atoms with Crippen LogP contribution in [0.3, 0.4) is 0 Å². The lowest BCUT2D eigenvalue weighted by atomic mass is 10.0. The fraction of sp³-hybridized carbons (Fsp3) is 0.300. The number of nitro groups is 1. The van der Waals surface area contributed by atoms with Crippen molar-refractivity contribution >= 4 is 11.7 Å². The molecule has 0 heterocycles. The van der Waals surface area contributed by atoms with E-state index < -0.39 is 17.0 Å². The maximum atomic E-state index is 10.9. The number of esters is 1. The van der Waals surface area contributed by atoms with Crippen molar-refractivity contribution in [2.24, 2.45) is 0 Å². The fourth-order valence-corrected chi connectivity index (χ4v) is 1.29. The molecule has 0 spiro atoms. The molecule has 0 saturated carbocycles. The number of hydrogen-bond acceptors (Lipinski definition) is 5. The molecule has 0 amide bonds. The average molecular weight is 225 g/mol. The molecule has 1 N–H and O–H groups in total. The molecule has 1 aromatic rings. The van der Waals surface area contributed by atoms with Crippen LogP contribution in [0.4, 0.5) is 5.69 Å². The lowest BCUT2D eigenvalue weighted by Gasteiger charge is -2.09. The number of hydrogen-bond donors (Lipinski definition) is 1. The summed E-state index contributed by atoms with van der Waals surface area (Å²) >= 11 is 0. The number of carbonyl (C=O) groups excluding carboxylic acids is 1. The van der Waals surface area contributed by atoms with Crippen molar-refractivity contribution in [3.8, 4) is 0 Å². The minimum Gasteiger partial charge on any atom is -0.469 e. The number of nitro benzene ring substituents is 1. The maximum absolute atomic E-state index is 10.9.